The lowest BCUT2D eigenvalue weighted by molar-refractivity contribution is 0.101. The van der Waals surface area contributed by atoms with Crippen LogP contribution in [0.4, 0.5) is 0 Å². The highest BCUT2D eigenvalue weighted by molar-refractivity contribution is 7.16. The van der Waals surface area contributed by atoms with Gasteiger partial charge in [-0.2, -0.15) is 0 Å². The number of nitrogens with zero attached hydrogens (tertiary/aromatic N) is 3. The summed E-state index contributed by atoms with van der Waals surface area (Å²) in [6.07, 6.45) is 5.49. The summed E-state index contributed by atoms with van der Waals surface area (Å²) < 4.78 is 9.00. The van der Waals surface area contributed by atoms with Gasteiger partial charge in [-0.05, 0) is 69.9 Å². The normalized spacial score (nSPS) is 11.3. The molecule has 0 unspecified atom stereocenters. The molecule has 0 bridgehead atoms. The molecule has 0 aliphatic rings. The Kier molecular flexibility index (Phi) is 10.3. The molecule has 0 amide bonds. The van der Waals surface area contributed by atoms with Crippen LogP contribution < -0.4 is 4.74 Å². The molecule has 2 aromatic heterocycles. The van der Waals surface area contributed by atoms with E-state index in [1.54, 1.807) is 25.4 Å². The van der Waals surface area contributed by atoms with E-state index in [0.29, 0.717) is 0 Å². The molecule has 2 heterocycles. The molecular weight excluding hydrogens is 454 g/mol. The molecule has 35 heavy (non-hydrogen) atoms. The molecule has 0 N–H and O–H groups in total. The summed E-state index contributed by atoms with van der Waals surface area (Å²) in [5.41, 5.74) is 4.78. The maximum absolute atomic E-state index is 12.0. The van der Waals surface area contributed by atoms with Crippen LogP contribution in [-0.2, 0) is 6.54 Å². The van der Waals surface area contributed by atoms with Crippen molar-refractivity contribution in [2.75, 3.05) is 26.7 Å². The van der Waals surface area contributed by atoms with Gasteiger partial charge in [0.05, 0.1) is 28.4 Å². The molecule has 6 heteroatoms. The number of ether oxygens (including phenoxy) is 1. The van der Waals surface area contributed by atoms with Gasteiger partial charge in [0, 0.05) is 23.7 Å². The number of rotatable bonds is 11. The van der Waals surface area contributed by atoms with Crippen LogP contribution in [0.1, 0.15) is 57.3 Å². The Morgan fingerprint density at radius 1 is 1.11 bits per heavy atom. The molecule has 0 aliphatic heterocycles. The second-order valence-electron chi connectivity index (χ2n) is 9.35. The quantitative estimate of drug-likeness (QED) is 0.206. The summed E-state index contributed by atoms with van der Waals surface area (Å²) in [6.45, 7) is 12.7. The van der Waals surface area contributed by atoms with Gasteiger partial charge in [-0.1, -0.05) is 45.0 Å². The lowest BCUT2D eigenvalue weighted by Gasteiger charge is -2.22. The number of fused-ring (bicyclic) bond motifs is 2. The lowest BCUT2D eigenvalue weighted by Crippen LogP contribution is -2.28. The standard InChI is InChI=1S/C22H34N2O2.C7H5NS/c1-6-12-23(15-11-17(2)3)13-8-14-24-16-20(18(4)25)19-9-7-10-21(26-5)22(19)24;1-2-4-7-6(3-1)8-5-9-7/h7,9-10,16-17H,6,8,11-15H2,1-5H3;1-5H. The van der Waals surface area contributed by atoms with Gasteiger partial charge in [0.25, 0.3) is 0 Å². The van der Waals surface area contributed by atoms with Crippen molar-refractivity contribution in [1.29, 1.82) is 0 Å². The Morgan fingerprint density at radius 2 is 1.91 bits per heavy atom. The Balaban J connectivity index is 0.000000313. The fourth-order valence-corrected chi connectivity index (χ4v) is 4.99. The number of carbonyl (C=O) groups is 1. The Bertz CT molecular complexity index is 1180. The van der Waals surface area contributed by atoms with Crippen LogP contribution in [0.3, 0.4) is 0 Å². The van der Waals surface area contributed by atoms with E-state index < -0.39 is 0 Å². The summed E-state index contributed by atoms with van der Waals surface area (Å²) in [6, 6.07) is 14.1. The van der Waals surface area contributed by atoms with Crippen molar-refractivity contribution in [2.45, 2.75) is 53.5 Å². The summed E-state index contributed by atoms with van der Waals surface area (Å²) in [5, 5.41) is 0.988. The highest BCUT2D eigenvalue weighted by Gasteiger charge is 2.15. The molecule has 4 rings (SSSR count). The summed E-state index contributed by atoms with van der Waals surface area (Å²) in [7, 11) is 1.69. The highest BCUT2D eigenvalue weighted by Crippen LogP contribution is 2.30. The van der Waals surface area contributed by atoms with Gasteiger partial charge in [-0.3, -0.25) is 4.79 Å². The molecule has 2 aromatic carbocycles. The zero-order valence-corrected chi connectivity index (χ0v) is 22.6. The largest absolute Gasteiger partial charge is 0.495 e. The van der Waals surface area contributed by atoms with Crippen molar-refractivity contribution in [3.63, 3.8) is 0 Å². The predicted molar refractivity (Wildman–Crippen MR) is 149 cm³/mol. The lowest BCUT2D eigenvalue weighted by atomic mass is 10.1. The first-order valence-corrected chi connectivity index (χ1v) is 13.5. The summed E-state index contributed by atoms with van der Waals surface area (Å²) >= 11 is 1.68. The Hall–Kier alpha value is -2.70. The van der Waals surface area contributed by atoms with E-state index in [0.717, 1.165) is 59.7 Å². The maximum atomic E-state index is 12.0. The first-order valence-electron chi connectivity index (χ1n) is 12.6. The van der Waals surface area contributed by atoms with Gasteiger partial charge in [0.1, 0.15) is 5.75 Å². The zero-order valence-electron chi connectivity index (χ0n) is 21.8. The number of carbonyl (C=O) groups excluding carboxylic acids is 1. The Morgan fingerprint density at radius 3 is 2.60 bits per heavy atom. The molecular formula is C29H39N3O2S. The molecule has 0 spiro atoms. The van der Waals surface area contributed by atoms with Crippen molar-refractivity contribution in [3.05, 3.63) is 59.7 Å². The van der Waals surface area contributed by atoms with Crippen LogP contribution in [0, 0.1) is 5.92 Å². The molecule has 0 saturated heterocycles. The van der Waals surface area contributed by atoms with Gasteiger partial charge in [-0.15, -0.1) is 11.3 Å². The third-order valence-corrected chi connectivity index (χ3v) is 6.94. The topological polar surface area (TPSA) is 47.4 Å². The summed E-state index contributed by atoms with van der Waals surface area (Å²) in [5.74, 6) is 1.68. The number of thiazole rings is 1. The number of benzene rings is 2. The number of aromatic nitrogens is 2. The minimum absolute atomic E-state index is 0.103. The third-order valence-electron chi connectivity index (χ3n) is 6.13. The molecule has 4 aromatic rings. The smallest absolute Gasteiger partial charge is 0.161 e. The number of ketones is 1. The minimum atomic E-state index is 0.103. The summed E-state index contributed by atoms with van der Waals surface area (Å²) in [4.78, 5) is 18.7. The average Bonchev–Trinajstić information content (AvgIpc) is 3.48. The van der Waals surface area contributed by atoms with Crippen molar-refractivity contribution in [2.24, 2.45) is 5.92 Å². The predicted octanol–water partition coefficient (Wildman–Crippen LogP) is 7.30. The van der Waals surface area contributed by atoms with E-state index in [4.69, 9.17) is 4.74 Å². The van der Waals surface area contributed by atoms with Crippen LogP contribution >= 0.6 is 11.3 Å². The minimum Gasteiger partial charge on any atom is -0.495 e. The monoisotopic (exact) mass is 493 g/mol. The fraction of sp³-hybridized carbons (Fsp3) is 0.448. The van der Waals surface area contributed by atoms with E-state index in [1.165, 1.54) is 24.1 Å². The maximum Gasteiger partial charge on any atom is 0.161 e. The van der Waals surface area contributed by atoms with Gasteiger partial charge < -0.3 is 14.2 Å². The second-order valence-corrected chi connectivity index (χ2v) is 10.2. The van der Waals surface area contributed by atoms with E-state index in [2.05, 4.69) is 41.3 Å². The van der Waals surface area contributed by atoms with Gasteiger partial charge in [0.15, 0.2) is 5.78 Å². The van der Waals surface area contributed by atoms with Gasteiger partial charge >= 0.3 is 0 Å². The molecule has 188 valence electrons. The fourth-order valence-electron chi connectivity index (χ4n) is 4.31. The van der Waals surface area contributed by atoms with E-state index in [1.807, 2.05) is 48.1 Å². The Labute approximate surface area is 213 Å². The van der Waals surface area contributed by atoms with Gasteiger partial charge in [-0.25, -0.2) is 4.98 Å². The number of para-hydroxylation sites is 2. The second kappa shape index (κ2) is 13.4. The average molecular weight is 494 g/mol. The number of Topliss-reactive ketones (excluding diaryl/α,β-unsaturated/α-hetero) is 1. The van der Waals surface area contributed by atoms with Crippen LogP contribution in [0.25, 0.3) is 21.1 Å². The van der Waals surface area contributed by atoms with Crippen molar-refractivity contribution < 1.29 is 9.53 Å². The van der Waals surface area contributed by atoms with Crippen molar-refractivity contribution in [3.8, 4) is 5.75 Å². The molecule has 5 nitrogen and oxygen atoms in total. The van der Waals surface area contributed by atoms with Crippen LogP contribution in [0.5, 0.6) is 5.75 Å². The molecule has 0 aliphatic carbocycles. The van der Waals surface area contributed by atoms with E-state index in [9.17, 15) is 4.79 Å². The molecule has 0 fully saturated rings. The number of methoxy groups -OCH3 is 1. The van der Waals surface area contributed by atoms with Crippen LogP contribution in [0.15, 0.2) is 54.2 Å². The molecule has 0 atom stereocenters. The highest BCUT2D eigenvalue weighted by atomic mass is 32.1. The SMILES string of the molecule is CCCN(CCCn1cc(C(C)=O)c2cccc(OC)c21)CCC(C)C.c1ccc2scnc2c1. The van der Waals surface area contributed by atoms with E-state index in [-0.39, 0.29) is 5.78 Å². The zero-order chi connectivity index (χ0) is 25.2. The van der Waals surface area contributed by atoms with Crippen LogP contribution in [-0.4, -0.2) is 47.0 Å². The van der Waals surface area contributed by atoms with Gasteiger partial charge in [0.2, 0.25) is 0 Å². The van der Waals surface area contributed by atoms with Crippen LogP contribution in [0.2, 0.25) is 0 Å². The molecule has 0 saturated carbocycles. The number of hydrogen-bond donors (Lipinski definition) is 0. The van der Waals surface area contributed by atoms with Crippen molar-refractivity contribution in [1.82, 2.24) is 14.5 Å². The van der Waals surface area contributed by atoms with E-state index >= 15 is 0 Å². The molecule has 0 radical (unpaired) electrons. The first-order chi connectivity index (χ1) is 16.9. The third kappa shape index (κ3) is 7.39. The van der Waals surface area contributed by atoms with Crippen molar-refractivity contribution >= 4 is 38.2 Å². The first kappa shape index (κ1) is 26.9. The number of aryl methyl sites for hydroxylation is 1. The number of hydrogen-bond acceptors (Lipinski definition) is 5.